The number of hydrogen-bond acceptors (Lipinski definition) is 7. The van der Waals surface area contributed by atoms with Gasteiger partial charge in [0, 0.05) is 26.2 Å². The van der Waals surface area contributed by atoms with Crippen LogP contribution in [0, 0.1) is 0 Å². The van der Waals surface area contributed by atoms with Crippen LogP contribution in [-0.4, -0.2) is 76.5 Å². The Bertz CT molecular complexity index is 720. The van der Waals surface area contributed by atoms with E-state index in [1.807, 2.05) is 6.92 Å². The summed E-state index contributed by atoms with van der Waals surface area (Å²) in [4.78, 5) is 25.7. The molecule has 0 aromatic heterocycles. The number of piperazine rings is 1. The van der Waals surface area contributed by atoms with E-state index in [-0.39, 0.29) is 16.0 Å². The number of nitrogens with zero attached hydrogens (tertiary/aromatic N) is 2. The molecule has 0 bridgehead atoms. The van der Waals surface area contributed by atoms with E-state index < -0.39 is 22.0 Å². The van der Waals surface area contributed by atoms with E-state index in [2.05, 4.69) is 14.4 Å². The largest absolute Gasteiger partial charge is 0.465 e. The second-order valence-corrected chi connectivity index (χ2v) is 7.51. The minimum absolute atomic E-state index is 0.0174. The molecule has 9 heteroatoms. The summed E-state index contributed by atoms with van der Waals surface area (Å²) in [7, 11) is -1.46. The first-order valence-electron chi connectivity index (χ1n) is 7.87. The molecule has 0 amide bonds. The Labute approximate surface area is 147 Å². The number of esters is 2. The summed E-state index contributed by atoms with van der Waals surface area (Å²) in [5.41, 5.74) is -0.0349. The lowest BCUT2D eigenvalue weighted by atomic mass is 10.1. The van der Waals surface area contributed by atoms with Crippen molar-refractivity contribution in [2.75, 3.05) is 46.9 Å². The molecule has 0 saturated carbocycles. The molecule has 0 radical (unpaired) electrons. The second-order valence-electron chi connectivity index (χ2n) is 5.57. The maximum Gasteiger partial charge on any atom is 0.337 e. The monoisotopic (exact) mass is 370 g/mol. The van der Waals surface area contributed by atoms with Crippen molar-refractivity contribution in [1.29, 1.82) is 0 Å². The Morgan fingerprint density at radius 3 is 1.84 bits per heavy atom. The van der Waals surface area contributed by atoms with Gasteiger partial charge in [0.2, 0.25) is 10.0 Å². The number of likely N-dealkylation sites (N-methyl/N-ethyl adjacent to an activating group) is 1. The topological polar surface area (TPSA) is 93.2 Å². The number of sulfonamides is 1. The van der Waals surface area contributed by atoms with Gasteiger partial charge in [-0.15, -0.1) is 0 Å². The molecular formula is C16H22N2O6S. The zero-order valence-corrected chi connectivity index (χ0v) is 15.3. The Balaban J connectivity index is 2.42. The molecule has 1 heterocycles. The molecule has 138 valence electrons. The molecule has 1 aromatic rings. The molecule has 1 aromatic carbocycles. The van der Waals surface area contributed by atoms with Crippen LogP contribution in [0.2, 0.25) is 0 Å². The highest BCUT2D eigenvalue weighted by molar-refractivity contribution is 7.89. The first-order valence-corrected chi connectivity index (χ1v) is 9.31. The summed E-state index contributed by atoms with van der Waals surface area (Å²) in [6.07, 6.45) is 0. The molecule has 1 aliphatic rings. The highest BCUT2D eigenvalue weighted by atomic mass is 32.2. The molecule has 0 aliphatic carbocycles. The number of methoxy groups -OCH3 is 2. The third kappa shape index (κ3) is 4.17. The predicted octanol–water partition coefficient (Wildman–Crippen LogP) is 0.586. The van der Waals surface area contributed by atoms with Gasteiger partial charge in [-0.2, -0.15) is 4.31 Å². The number of hydrogen-bond donors (Lipinski definition) is 0. The summed E-state index contributed by atoms with van der Waals surface area (Å²) >= 11 is 0. The summed E-state index contributed by atoms with van der Waals surface area (Å²) in [6.45, 7) is 4.86. The van der Waals surface area contributed by atoms with Crippen LogP contribution in [0.3, 0.4) is 0 Å². The molecule has 1 saturated heterocycles. The highest BCUT2D eigenvalue weighted by Gasteiger charge is 2.29. The van der Waals surface area contributed by atoms with Crippen LogP contribution in [0.1, 0.15) is 27.6 Å². The maximum atomic E-state index is 12.9. The van der Waals surface area contributed by atoms with Crippen LogP contribution in [-0.2, 0) is 19.5 Å². The van der Waals surface area contributed by atoms with E-state index in [1.165, 1.54) is 36.7 Å². The van der Waals surface area contributed by atoms with Crippen molar-refractivity contribution < 1.29 is 27.5 Å². The minimum atomic E-state index is -3.83. The summed E-state index contributed by atoms with van der Waals surface area (Å²) in [5.74, 6) is -1.45. The first-order chi connectivity index (χ1) is 11.8. The molecule has 0 unspecified atom stereocenters. The molecule has 1 aliphatic heterocycles. The van der Waals surface area contributed by atoms with Crippen molar-refractivity contribution in [2.24, 2.45) is 0 Å². The number of rotatable bonds is 5. The quantitative estimate of drug-likeness (QED) is 0.700. The van der Waals surface area contributed by atoms with E-state index in [1.54, 1.807) is 0 Å². The van der Waals surface area contributed by atoms with Crippen LogP contribution in [0.4, 0.5) is 0 Å². The molecule has 0 spiro atoms. The van der Waals surface area contributed by atoms with Gasteiger partial charge < -0.3 is 14.4 Å². The van der Waals surface area contributed by atoms with Crippen LogP contribution in [0.5, 0.6) is 0 Å². The van der Waals surface area contributed by atoms with E-state index in [0.717, 1.165) is 6.54 Å². The normalized spacial score (nSPS) is 16.4. The van der Waals surface area contributed by atoms with Crippen LogP contribution >= 0.6 is 0 Å². The smallest absolute Gasteiger partial charge is 0.337 e. The highest BCUT2D eigenvalue weighted by Crippen LogP contribution is 2.22. The van der Waals surface area contributed by atoms with Crippen LogP contribution in [0.25, 0.3) is 0 Å². The number of ether oxygens (including phenoxy) is 2. The van der Waals surface area contributed by atoms with Crippen LogP contribution in [0.15, 0.2) is 23.1 Å². The van der Waals surface area contributed by atoms with Gasteiger partial charge in [-0.3, -0.25) is 0 Å². The lowest BCUT2D eigenvalue weighted by Crippen LogP contribution is -2.48. The fraction of sp³-hybridized carbons (Fsp3) is 0.500. The minimum Gasteiger partial charge on any atom is -0.465 e. The maximum absolute atomic E-state index is 12.9. The average Bonchev–Trinajstić information content (AvgIpc) is 2.66. The Morgan fingerprint density at radius 1 is 0.960 bits per heavy atom. The van der Waals surface area contributed by atoms with E-state index >= 15 is 0 Å². The first kappa shape index (κ1) is 19.4. The lowest BCUT2D eigenvalue weighted by molar-refractivity contribution is 0.0598. The van der Waals surface area contributed by atoms with E-state index in [4.69, 9.17) is 0 Å². The van der Waals surface area contributed by atoms with Crippen molar-refractivity contribution in [1.82, 2.24) is 9.21 Å². The van der Waals surface area contributed by atoms with Crippen molar-refractivity contribution in [3.8, 4) is 0 Å². The number of benzene rings is 1. The van der Waals surface area contributed by atoms with E-state index in [9.17, 15) is 18.0 Å². The molecule has 8 nitrogen and oxygen atoms in total. The third-order valence-electron chi connectivity index (χ3n) is 4.16. The zero-order chi connectivity index (χ0) is 18.6. The molecule has 2 rings (SSSR count). The van der Waals surface area contributed by atoms with E-state index in [0.29, 0.717) is 26.2 Å². The summed E-state index contributed by atoms with van der Waals surface area (Å²) in [5, 5.41) is 0. The van der Waals surface area contributed by atoms with Gasteiger partial charge in [-0.05, 0) is 24.7 Å². The van der Waals surface area contributed by atoms with Gasteiger partial charge in [0.15, 0.2) is 0 Å². The summed E-state index contributed by atoms with van der Waals surface area (Å²) in [6, 6.07) is 3.70. The van der Waals surface area contributed by atoms with Gasteiger partial charge in [0.05, 0.1) is 30.2 Å². The molecule has 0 N–H and O–H groups in total. The van der Waals surface area contributed by atoms with Gasteiger partial charge in [-0.1, -0.05) is 6.92 Å². The molecular weight excluding hydrogens is 348 g/mol. The predicted molar refractivity (Wildman–Crippen MR) is 90.0 cm³/mol. The fourth-order valence-electron chi connectivity index (χ4n) is 2.65. The van der Waals surface area contributed by atoms with Crippen molar-refractivity contribution in [3.05, 3.63) is 29.3 Å². The number of carbonyl (C=O) groups excluding carboxylic acids is 2. The van der Waals surface area contributed by atoms with Gasteiger partial charge in [-0.25, -0.2) is 18.0 Å². The lowest BCUT2D eigenvalue weighted by Gasteiger charge is -2.33. The van der Waals surface area contributed by atoms with Crippen molar-refractivity contribution >= 4 is 22.0 Å². The van der Waals surface area contributed by atoms with Gasteiger partial charge >= 0.3 is 11.9 Å². The third-order valence-corrected chi connectivity index (χ3v) is 6.04. The second kappa shape index (κ2) is 7.94. The number of carbonyl (C=O) groups is 2. The molecule has 0 atom stereocenters. The van der Waals surface area contributed by atoms with Crippen molar-refractivity contribution in [2.45, 2.75) is 11.8 Å². The van der Waals surface area contributed by atoms with Crippen LogP contribution < -0.4 is 0 Å². The Hall–Kier alpha value is -1.97. The summed E-state index contributed by atoms with van der Waals surface area (Å²) < 4.78 is 36.5. The molecule has 25 heavy (non-hydrogen) atoms. The van der Waals surface area contributed by atoms with Gasteiger partial charge in [0.25, 0.3) is 0 Å². The standard InChI is InChI=1S/C16H22N2O6S/c1-4-17-5-7-18(8-6-17)25(21,22)14-10-12(15(19)23-2)9-13(11-14)16(20)24-3/h9-11H,4-8H2,1-3H3. The average molecular weight is 370 g/mol. The van der Waals surface area contributed by atoms with Gasteiger partial charge in [0.1, 0.15) is 0 Å². The zero-order valence-electron chi connectivity index (χ0n) is 14.5. The fourth-order valence-corrected chi connectivity index (χ4v) is 4.15. The Kier molecular flexibility index (Phi) is 6.15. The molecule has 1 fully saturated rings. The SMILES string of the molecule is CCN1CCN(S(=O)(=O)c2cc(C(=O)OC)cc(C(=O)OC)c2)CC1. The van der Waals surface area contributed by atoms with Crippen molar-refractivity contribution in [3.63, 3.8) is 0 Å². The Morgan fingerprint density at radius 2 is 1.44 bits per heavy atom.